The van der Waals surface area contributed by atoms with E-state index in [0.29, 0.717) is 5.69 Å². The van der Waals surface area contributed by atoms with E-state index in [0.717, 1.165) is 0 Å². The van der Waals surface area contributed by atoms with Crippen LogP contribution in [0.4, 0.5) is 10.5 Å². The number of para-hydroxylation sites is 1. The number of ether oxygens (including phenoxy) is 2. The molecule has 1 unspecified atom stereocenters. The second-order valence-corrected chi connectivity index (χ2v) is 4.11. The number of aliphatic hydroxyl groups is 1. The van der Waals surface area contributed by atoms with Crippen LogP contribution >= 0.6 is 0 Å². The minimum Gasteiger partial charge on any atom is -0.435 e. The lowest BCUT2D eigenvalue weighted by molar-refractivity contribution is -0.182. The summed E-state index contributed by atoms with van der Waals surface area (Å²) in [7, 11) is 0. The number of carbonyl (C=O) groups excluding carboxylic acids is 2. The normalized spacial score (nSPS) is 22.4. The summed E-state index contributed by atoms with van der Waals surface area (Å²) in [6.45, 7) is 2.00. The van der Waals surface area contributed by atoms with Crippen LogP contribution in [0, 0.1) is 0 Å². The maximum absolute atomic E-state index is 12.1. The van der Waals surface area contributed by atoms with Crippen molar-refractivity contribution in [1.82, 2.24) is 0 Å². The van der Waals surface area contributed by atoms with E-state index < -0.39 is 17.8 Å². The molecule has 19 heavy (non-hydrogen) atoms. The molecule has 6 heteroatoms. The van der Waals surface area contributed by atoms with Crippen LogP contribution in [-0.2, 0) is 14.3 Å². The van der Waals surface area contributed by atoms with Crippen molar-refractivity contribution < 1.29 is 24.2 Å². The molecule has 1 fully saturated rings. The molecule has 0 saturated carbocycles. The Balaban J connectivity index is 2.11. The van der Waals surface area contributed by atoms with Crippen molar-refractivity contribution in [2.45, 2.75) is 19.1 Å². The zero-order valence-corrected chi connectivity index (χ0v) is 10.5. The Morgan fingerprint density at radius 3 is 2.74 bits per heavy atom. The van der Waals surface area contributed by atoms with Crippen molar-refractivity contribution in [3.63, 3.8) is 0 Å². The number of anilines is 1. The van der Waals surface area contributed by atoms with E-state index in [-0.39, 0.29) is 19.6 Å². The predicted molar refractivity (Wildman–Crippen MR) is 66.5 cm³/mol. The summed E-state index contributed by atoms with van der Waals surface area (Å²) in [5.41, 5.74) is 0.649. The fourth-order valence-electron chi connectivity index (χ4n) is 1.92. The Morgan fingerprint density at radius 2 is 2.11 bits per heavy atom. The van der Waals surface area contributed by atoms with Crippen molar-refractivity contribution in [3.05, 3.63) is 30.3 Å². The molecule has 6 nitrogen and oxygen atoms in total. The van der Waals surface area contributed by atoms with E-state index in [9.17, 15) is 14.7 Å². The van der Waals surface area contributed by atoms with Gasteiger partial charge in [0.15, 0.2) is 0 Å². The molecule has 1 aliphatic heterocycles. The third-order valence-electron chi connectivity index (χ3n) is 2.84. The largest absolute Gasteiger partial charge is 0.511 e. The van der Waals surface area contributed by atoms with Gasteiger partial charge in [0.25, 0.3) is 11.7 Å². The van der Waals surface area contributed by atoms with Crippen LogP contribution in [0.1, 0.15) is 13.3 Å². The Labute approximate surface area is 110 Å². The second kappa shape index (κ2) is 5.27. The standard InChI is InChI=1S/C13H15NO5/c1-2-18-12(16)19-13(17)8-9-14(11(13)15)10-6-4-3-5-7-10/h3-7,17H,2,8-9H2,1H3. The van der Waals surface area contributed by atoms with Gasteiger partial charge in [-0.25, -0.2) is 4.79 Å². The maximum Gasteiger partial charge on any atom is 0.511 e. The molecular weight excluding hydrogens is 250 g/mol. The summed E-state index contributed by atoms with van der Waals surface area (Å²) in [5, 5.41) is 10.1. The number of amides is 1. The van der Waals surface area contributed by atoms with Crippen molar-refractivity contribution in [1.29, 1.82) is 0 Å². The number of benzene rings is 1. The highest BCUT2D eigenvalue weighted by Gasteiger charge is 2.49. The first-order chi connectivity index (χ1) is 9.07. The minimum atomic E-state index is -2.14. The van der Waals surface area contributed by atoms with Gasteiger partial charge < -0.3 is 19.5 Å². The summed E-state index contributed by atoms with van der Waals surface area (Å²) < 4.78 is 9.27. The SMILES string of the molecule is CCOC(=O)OC1(O)CCN(c2ccccc2)C1=O. The van der Waals surface area contributed by atoms with Gasteiger partial charge in [0.2, 0.25) is 0 Å². The molecule has 1 aromatic carbocycles. The van der Waals surface area contributed by atoms with E-state index in [1.165, 1.54) is 4.90 Å². The fourth-order valence-corrected chi connectivity index (χ4v) is 1.92. The van der Waals surface area contributed by atoms with E-state index >= 15 is 0 Å². The van der Waals surface area contributed by atoms with Crippen molar-refractivity contribution in [2.75, 3.05) is 18.1 Å². The second-order valence-electron chi connectivity index (χ2n) is 4.11. The van der Waals surface area contributed by atoms with Crippen LogP contribution in [0.2, 0.25) is 0 Å². The number of carbonyl (C=O) groups is 2. The molecule has 1 amide bonds. The summed E-state index contributed by atoms with van der Waals surface area (Å²) in [4.78, 5) is 24.7. The van der Waals surface area contributed by atoms with Gasteiger partial charge in [-0.05, 0) is 19.1 Å². The van der Waals surface area contributed by atoms with Crippen LogP contribution in [-0.4, -0.2) is 36.1 Å². The van der Waals surface area contributed by atoms with Crippen LogP contribution < -0.4 is 4.90 Å². The monoisotopic (exact) mass is 265 g/mol. The Bertz CT molecular complexity index is 475. The van der Waals surface area contributed by atoms with E-state index in [2.05, 4.69) is 4.74 Å². The lowest BCUT2D eigenvalue weighted by Crippen LogP contribution is -2.44. The molecule has 1 heterocycles. The third-order valence-corrected chi connectivity index (χ3v) is 2.84. The molecule has 0 radical (unpaired) electrons. The summed E-state index contributed by atoms with van der Waals surface area (Å²) in [6.07, 6.45) is -1.03. The van der Waals surface area contributed by atoms with Gasteiger partial charge >= 0.3 is 6.16 Å². The first kappa shape index (κ1) is 13.4. The third kappa shape index (κ3) is 2.68. The molecule has 0 bridgehead atoms. The van der Waals surface area contributed by atoms with E-state index in [4.69, 9.17) is 4.74 Å². The van der Waals surface area contributed by atoms with Gasteiger partial charge in [0.1, 0.15) is 0 Å². The number of hydrogen-bond acceptors (Lipinski definition) is 5. The Morgan fingerprint density at radius 1 is 1.42 bits per heavy atom. The lowest BCUT2D eigenvalue weighted by Gasteiger charge is -2.21. The smallest absolute Gasteiger partial charge is 0.435 e. The number of nitrogens with zero attached hydrogens (tertiary/aromatic N) is 1. The zero-order chi connectivity index (χ0) is 13.9. The fraction of sp³-hybridized carbons (Fsp3) is 0.385. The van der Waals surface area contributed by atoms with Crippen LogP contribution in [0.15, 0.2) is 30.3 Å². The molecule has 1 N–H and O–H groups in total. The highest BCUT2D eigenvalue weighted by Crippen LogP contribution is 2.29. The molecule has 1 aromatic rings. The number of rotatable bonds is 3. The van der Waals surface area contributed by atoms with Crippen LogP contribution in [0.25, 0.3) is 0 Å². The molecule has 0 aliphatic carbocycles. The van der Waals surface area contributed by atoms with Gasteiger partial charge in [-0.15, -0.1) is 0 Å². The molecule has 2 rings (SSSR count). The van der Waals surface area contributed by atoms with Gasteiger partial charge in [0.05, 0.1) is 6.61 Å². The minimum absolute atomic E-state index is 0.0134. The van der Waals surface area contributed by atoms with E-state index in [1.807, 2.05) is 6.07 Å². The summed E-state index contributed by atoms with van der Waals surface area (Å²) >= 11 is 0. The van der Waals surface area contributed by atoms with E-state index in [1.54, 1.807) is 31.2 Å². The Hall–Kier alpha value is -2.08. The van der Waals surface area contributed by atoms with Gasteiger partial charge in [-0.2, -0.15) is 0 Å². The molecule has 0 aromatic heterocycles. The van der Waals surface area contributed by atoms with Crippen molar-refractivity contribution in [2.24, 2.45) is 0 Å². The molecule has 0 spiro atoms. The van der Waals surface area contributed by atoms with Crippen molar-refractivity contribution >= 4 is 17.7 Å². The quantitative estimate of drug-likeness (QED) is 0.658. The first-order valence-electron chi connectivity index (χ1n) is 6.02. The molecule has 1 aliphatic rings. The summed E-state index contributed by atoms with van der Waals surface area (Å²) in [5.74, 6) is -2.80. The molecular formula is C13H15NO5. The summed E-state index contributed by atoms with van der Waals surface area (Å²) in [6, 6.07) is 8.88. The lowest BCUT2D eigenvalue weighted by atomic mass is 10.2. The van der Waals surface area contributed by atoms with Crippen LogP contribution in [0.5, 0.6) is 0 Å². The topological polar surface area (TPSA) is 76.1 Å². The predicted octanol–water partition coefficient (Wildman–Crippen LogP) is 1.29. The molecule has 102 valence electrons. The van der Waals surface area contributed by atoms with Crippen molar-refractivity contribution in [3.8, 4) is 0 Å². The molecule has 1 atom stereocenters. The average Bonchev–Trinajstić information content (AvgIpc) is 2.67. The Kier molecular flexibility index (Phi) is 3.71. The zero-order valence-electron chi connectivity index (χ0n) is 10.5. The highest BCUT2D eigenvalue weighted by atomic mass is 16.8. The van der Waals surface area contributed by atoms with Gasteiger partial charge in [0, 0.05) is 18.7 Å². The van der Waals surface area contributed by atoms with Gasteiger partial charge in [-0.1, -0.05) is 18.2 Å². The highest BCUT2D eigenvalue weighted by molar-refractivity contribution is 6.01. The first-order valence-corrected chi connectivity index (χ1v) is 6.02. The maximum atomic E-state index is 12.1. The average molecular weight is 265 g/mol. The molecule has 1 saturated heterocycles. The van der Waals surface area contributed by atoms with Gasteiger partial charge in [-0.3, -0.25) is 4.79 Å². The number of hydrogen-bond donors (Lipinski definition) is 1. The van der Waals surface area contributed by atoms with Crippen LogP contribution in [0.3, 0.4) is 0 Å².